The minimum atomic E-state index is -0.797. The molecular weight excluding hydrogens is 769 g/mol. The molecule has 0 rings (SSSR count). The van der Waals surface area contributed by atoms with E-state index in [0.717, 1.165) is 70.6 Å². The maximum absolute atomic E-state index is 12.8. The molecule has 1 atom stereocenters. The van der Waals surface area contributed by atoms with Crippen LogP contribution in [0.15, 0.2) is 48.6 Å². The first-order valence-electron chi connectivity index (χ1n) is 26.6. The van der Waals surface area contributed by atoms with Gasteiger partial charge in [0.2, 0.25) is 0 Å². The van der Waals surface area contributed by atoms with Crippen LogP contribution in [0.2, 0.25) is 0 Å². The lowest BCUT2D eigenvalue weighted by Crippen LogP contribution is -2.30. The lowest BCUT2D eigenvalue weighted by molar-refractivity contribution is -0.167. The fourth-order valence-corrected chi connectivity index (χ4v) is 7.51. The molecule has 0 aromatic heterocycles. The number of carbonyl (C=O) groups excluding carboxylic acids is 3. The molecule has 0 aromatic rings. The first-order valence-corrected chi connectivity index (χ1v) is 26.6. The van der Waals surface area contributed by atoms with Crippen molar-refractivity contribution < 1.29 is 28.6 Å². The number of ether oxygens (including phenoxy) is 3. The van der Waals surface area contributed by atoms with Crippen LogP contribution in [-0.2, 0) is 28.6 Å². The summed E-state index contributed by atoms with van der Waals surface area (Å²) in [6, 6.07) is 0. The minimum Gasteiger partial charge on any atom is -0.462 e. The lowest BCUT2D eigenvalue weighted by atomic mass is 10.0. The van der Waals surface area contributed by atoms with Gasteiger partial charge in [-0.1, -0.05) is 223 Å². The predicted octanol–water partition coefficient (Wildman–Crippen LogP) is 17.5. The summed E-state index contributed by atoms with van der Waals surface area (Å²) in [5, 5.41) is 0. The molecule has 0 aliphatic rings. The van der Waals surface area contributed by atoms with E-state index in [2.05, 4.69) is 69.4 Å². The highest BCUT2D eigenvalue weighted by Gasteiger charge is 2.19. The molecular formula is C56H100O6. The van der Waals surface area contributed by atoms with Gasteiger partial charge in [-0.25, -0.2) is 0 Å². The number of hydrogen-bond donors (Lipinski definition) is 0. The summed E-state index contributed by atoms with van der Waals surface area (Å²) >= 11 is 0. The molecule has 0 saturated heterocycles. The van der Waals surface area contributed by atoms with Gasteiger partial charge in [0.05, 0.1) is 0 Å². The highest BCUT2D eigenvalue weighted by Crippen LogP contribution is 2.15. The monoisotopic (exact) mass is 869 g/mol. The Morgan fingerprint density at radius 3 is 1.00 bits per heavy atom. The van der Waals surface area contributed by atoms with Gasteiger partial charge >= 0.3 is 17.9 Å². The van der Waals surface area contributed by atoms with E-state index in [0.29, 0.717) is 19.3 Å². The zero-order chi connectivity index (χ0) is 45.1. The van der Waals surface area contributed by atoms with Crippen LogP contribution in [0.4, 0.5) is 0 Å². The van der Waals surface area contributed by atoms with Gasteiger partial charge in [-0.15, -0.1) is 0 Å². The molecule has 360 valence electrons. The fourth-order valence-electron chi connectivity index (χ4n) is 7.51. The molecule has 0 aliphatic heterocycles. The summed E-state index contributed by atoms with van der Waals surface area (Å²) in [4.78, 5) is 38.0. The molecule has 0 saturated carbocycles. The zero-order valence-corrected chi connectivity index (χ0v) is 41.1. The van der Waals surface area contributed by atoms with E-state index < -0.39 is 6.10 Å². The normalized spacial score (nSPS) is 12.4. The van der Waals surface area contributed by atoms with Crippen LogP contribution in [0.5, 0.6) is 0 Å². The third-order valence-electron chi connectivity index (χ3n) is 11.6. The van der Waals surface area contributed by atoms with Crippen molar-refractivity contribution in [1.29, 1.82) is 0 Å². The Morgan fingerprint density at radius 2 is 0.597 bits per heavy atom. The standard InChI is InChI=1S/C56H100O6/c1-4-7-10-13-16-19-22-25-27-28-29-32-34-37-40-43-46-49-55(58)61-52-53(51-60-54(57)48-45-42-39-36-33-30-24-21-18-15-12-9-6-3)62-56(59)50-47-44-41-38-35-31-26-23-20-17-14-11-8-5-2/h25,27,29,31-32,35,37,40,53H,4-24,26,28,30,33-34,36,38-39,41-52H2,1-3H3/b27-25-,32-29-,35-31-,40-37-. The van der Waals surface area contributed by atoms with Gasteiger partial charge in [-0.2, -0.15) is 0 Å². The van der Waals surface area contributed by atoms with Crippen LogP contribution >= 0.6 is 0 Å². The molecule has 1 unspecified atom stereocenters. The molecule has 0 heterocycles. The van der Waals surface area contributed by atoms with Crippen molar-refractivity contribution in [1.82, 2.24) is 0 Å². The molecule has 0 spiro atoms. The van der Waals surface area contributed by atoms with Crippen LogP contribution in [0.25, 0.3) is 0 Å². The highest BCUT2D eigenvalue weighted by atomic mass is 16.6. The van der Waals surface area contributed by atoms with E-state index in [1.807, 2.05) is 0 Å². The van der Waals surface area contributed by atoms with Gasteiger partial charge in [0.1, 0.15) is 13.2 Å². The fraction of sp³-hybridized carbons (Fsp3) is 0.804. The van der Waals surface area contributed by atoms with E-state index in [1.54, 1.807) is 0 Å². The highest BCUT2D eigenvalue weighted by molar-refractivity contribution is 5.71. The van der Waals surface area contributed by atoms with E-state index in [4.69, 9.17) is 14.2 Å². The van der Waals surface area contributed by atoms with Crippen molar-refractivity contribution in [2.75, 3.05) is 13.2 Å². The van der Waals surface area contributed by atoms with Crippen molar-refractivity contribution in [2.45, 2.75) is 277 Å². The molecule has 0 aliphatic carbocycles. The maximum Gasteiger partial charge on any atom is 0.306 e. The van der Waals surface area contributed by atoms with E-state index in [1.165, 1.54) is 154 Å². The Morgan fingerprint density at radius 1 is 0.323 bits per heavy atom. The van der Waals surface area contributed by atoms with Crippen LogP contribution in [0.3, 0.4) is 0 Å². The number of hydrogen-bond acceptors (Lipinski definition) is 6. The second-order valence-electron chi connectivity index (χ2n) is 17.8. The molecule has 0 fully saturated rings. The van der Waals surface area contributed by atoms with Crippen molar-refractivity contribution in [2.24, 2.45) is 0 Å². The number of unbranched alkanes of at least 4 members (excludes halogenated alkanes) is 29. The summed E-state index contributed by atoms with van der Waals surface area (Å²) in [5.74, 6) is -0.955. The Labute approximate surface area is 384 Å². The van der Waals surface area contributed by atoms with Gasteiger partial charge < -0.3 is 14.2 Å². The Kier molecular flexibility index (Phi) is 48.8. The van der Waals surface area contributed by atoms with Crippen LogP contribution in [-0.4, -0.2) is 37.2 Å². The van der Waals surface area contributed by atoms with Crippen LogP contribution in [0, 0.1) is 0 Å². The van der Waals surface area contributed by atoms with Crippen molar-refractivity contribution in [3.63, 3.8) is 0 Å². The predicted molar refractivity (Wildman–Crippen MR) is 265 cm³/mol. The first-order chi connectivity index (χ1) is 30.5. The number of allylic oxidation sites excluding steroid dienone is 8. The van der Waals surface area contributed by atoms with Gasteiger partial charge in [-0.3, -0.25) is 14.4 Å². The Hall–Kier alpha value is -2.63. The van der Waals surface area contributed by atoms with Gasteiger partial charge in [0.15, 0.2) is 6.10 Å². The topological polar surface area (TPSA) is 78.9 Å². The van der Waals surface area contributed by atoms with Crippen LogP contribution in [0.1, 0.15) is 271 Å². The lowest BCUT2D eigenvalue weighted by Gasteiger charge is -2.18. The zero-order valence-electron chi connectivity index (χ0n) is 41.1. The maximum atomic E-state index is 12.8. The van der Waals surface area contributed by atoms with E-state index in [-0.39, 0.29) is 37.5 Å². The molecule has 0 amide bonds. The van der Waals surface area contributed by atoms with Crippen molar-refractivity contribution in [3.05, 3.63) is 48.6 Å². The average molecular weight is 869 g/mol. The first kappa shape index (κ1) is 59.4. The van der Waals surface area contributed by atoms with Crippen molar-refractivity contribution in [3.8, 4) is 0 Å². The largest absolute Gasteiger partial charge is 0.462 e. The van der Waals surface area contributed by atoms with Gasteiger partial charge in [-0.05, 0) is 77.0 Å². The van der Waals surface area contributed by atoms with Crippen molar-refractivity contribution >= 4 is 17.9 Å². The molecule has 0 aromatic carbocycles. The minimum absolute atomic E-state index is 0.0923. The summed E-state index contributed by atoms with van der Waals surface area (Å²) in [6.07, 6.45) is 61.0. The molecule has 0 N–H and O–H groups in total. The third kappa shape index (κ3) is 48.4. The molecule has 6 nitrogen and oxygen atoms in total. The summed E-state index contributed by atoms with van der Waals surface area (Å²) in [6.45, 7) is 6.59. The molecule has 6 heteroatoms. The second-order valence-corrected chi connectivity index (χ2v) is 17.8. The van der Waals surface area contributed by atoms with E-state index in [9.17, 15) is 14.4 Å². The van der Waals surface area contributed by atoms with Gasteiger partial charge in [0, 0.05) is 19.3 Å². The number of esters is 3. The van der Waals surface area contributed by atoms with Gasteiger partial charge in [0.25, 0.3) is 0 Å². The molecule has 0 radical (unpaired) electrons. The summed E-state index contributed by atoms with van der Waals surface area (Å²) < 4.78 is 16.8. The van der Waals surface area contributed by atoms with Crippen LogP contribution < -0.4 is 0 Å². The molecule has 62 heavy (non-hydrogen) atoms. The smallest absolute Gasteiger partial charge is 0.306 e. The Balaban J connectivity index is 4.45. The number of rotatable bonds is 48. The Bertz CT molecular complexity index is 1090. The quantitative estimate of drug-likeness (QED) is 0.0262. The SMILES string of the molecule is CCCCCCCC/C=C\C/C=C\C/C=C\CCCC(=O)OCC(COC(=O)CCCCCCCCCCCCCCC)OC(=O)CCCCC/C=C\CCCCCCCCC. The number of carbonyl (C=O) groups is 3. The average Bonchev–Trinajstić information content (AvgIpc) is 3.27. The second kappa shape index (κ2) is 51.0. The third-order valence-corrected chi connectivity index (χ3v) is 11.6. The molecule has 0 bridgehead atoms. The van der Waals surface area contributed by atoms with E-state index >= 15 is 0 Å². The summed E-state index contributed by atoms with van der Waals surface area (Å²) in [5.41, 5.74) is 0. The summed E-state index contributed by atoms with van der Waals surface area (Å²) in [7, 11) is 0.